The molecule has 0 aliphatic rings. The van der Waals surface area contributed by atoms with E-state index in [1.165, 1.54) is 0 Å². The molecule has 0 aliphatic carbocycles. The highest BCUT2D eigenvalue weighted by Gasteiger charge is 2.31. The van der Waals surface area contributed by atoms with Crippen molar-refractivity contribution in [2.45, 2.75) is 0 Å². The van der Waals surface area contributed by atoms with Crippen molar-refractivity contribution in [2.24, 2.45) is 0 Å². The van der Waals surface area contributed by atoms with E-state index in [0.29, 0.717) is 0 Å². The molecule has 0 amide bonds. The average Bonchev–Trinajstić information content (AvgIpc) is 1.96. The van der Waals surface area contributed by atoms with E-state index in [2.05, 4.69) is 12.9 Å². The summed E-state index contributed by atoms with van der Waals surface area (Å²) in [6.45, 7) is 0. The maximum atomic E-state index is 11.3. The van der Waals surface area contributed by atoms with E-state index in [-0.39, 0.29) is 8.41 Å². The maximum Gasteiger partial charge on any atom is 0.519 e. The molecule has 28 heteroatoms. The van der Waals surface area contributed by atoms with Gasteiger partial charge < -0.3 is 29.4 Å². The summed E-state index contributed by atoms with van der Waals surface area (Å²) in [6.07, 6.45) is 0. The van der Waals surface area contributed by atoms with Gasteiger partial charge in [-0.25, -0.2) is 27.4 Å². The van der Waals surface area contributed by atoms with E-state index in [9.17, 15) is 40.0 Å². The van der Waals surface area contributed by atoms with Crippen molar-refractivity contribution >= 4 is 55.6 Å². The highest BCUT2D eigenvalue weighted by molar-refractivity contribution is 7.61. The molecule has 0 aromatic heterocycles. The zero-order chi connectivity index (χ0) is 23.1. The van der Waals surface area contributed by atoms with Gasteiger partial charge in [-0.2, -0.15) is 12.9 Å². The number of phosphoric acid groups is 3. The van der Waals surface area contributed by atoms with Crippen LogP contribution in [-0.2, 0) is 40.3 Å². The largest absolute Gasteiger partial charge is 0.519 e. The van der Waals surface area contributed by atoms with Crippen molar-refractivity contribution in [3.8, 4) is 0 Å². The maximum absolute atomic E-state index is 11.3. The van der Waals surface area contributed by atoms with E-state index in [0.717, 1.165) is 0 Å². The number of rotatable bonds is 6. The van der Waals surface area contributed by atoms with Gasteiger partial charge in [0.25, 0.3) is 0 Å². The topological polar surface area (TPSA) is 312 Å². The van der Waals surface area contributed by atoms with Gasteiger partial charge in [-0.1, -0.05) is 0 Å². The van der Waals surface area contributed by atoms with Gasteiger partial charge in [-0.3, -0.25) is 14.7 Å². The van der Waals surface area contributed by atoms with Gasteiger partial charge in [0.05, 0.1) is 8.41 Å². The molecule has 3 unspecified atom stereocenters. The fourth-order valence-corrected chi connectivity index (χ4v) is 3.54. The Morgan fingerprint density at radius 3 is 0.536 bits per heavy atom. The van der Waals surface area contributed by atoms with Crippen LogP contribution in [0.4, 0.5) is 12.6 Å². The summed E-state index contributed by atoms with van der Waals surface area (Å²) in [4.78, 5) is 68.6. The summed E-state index contributed by atoms with van der Waals surface area (Å²) in [6, 6.07) is 0. The lowest BCUT2D eigenvalue weighted by atomic mass is 10.8. The average molecular weight is 554 g/mol. The van der Waals surface area contributed by atoms with Gasteiger partial charge in [0.2, 0.25) is 0 Å². The minimum Gasteiger partial charge on any atom is -0.302 e. The predicted molar refractivity (Wildman–Crippen MR) is 82.1 cm³/mol. The lowest BCUT2D eigenvalue weighted by Gasteiger charge is -2.01. The summed E-state index contributed by atoms with van der Waals surface area (Å²) >= 11 is 0. The molecule has 0 aromatic carbocycles. The molecule has 0 radical (unpaired) electrons. The Morgan fingerprint density at radius 2 is 0.536 bits per heavy atom. The van der Waals surface area contributed by atoms with Gasteiger partial charge in [-0.05, 0) is 0 Å². The Kier molecular flexibility index (Phi) is 16.2. The summed E-state index contributed by atoms with van der Waals surface area (Å²) in [7, 11) is -32.2. The zero-order valence-corrected chi connectivity index (χ0v) is 16.9. The van der Waals surface area contributed by atoms with Crippen molar-refractivity contribution in [3.05, 3.63) is 0 Å². The van der Waals surface area contributed by atoms with Crippen molar-refractivity contribution in [3.63, 3.8) is 0 Å². The van der Waals surface area contributed by atoms with Crippen LogP contribution in [0.15, 0.2) is 0 Å². The van der Waals surface area contributed by atoms with Crippen LogP contribution < -0.4 is 0 Å². The second-order valence-corrected chi connectivity index (χ2v) is 10.7. The molecule has 18 nitrogen and oxygen atoms in total. The van der Waals surface area contributed by atoms with Crippen molar-refractivity contribution in [2.75, 3.05) is 0 Å². The Labute approximate surface area is 153 Å². The van der Waals surface area contributed by atoms with Gasteiger partial charge in [0, 0.05) is 0 Å². The van der Waals surface area contributed by atoms with Crippen LogP contribution in [0.1, 0.15) is 0 Å². The molecule has 0 spiro atoms. The van der Waals surface area contributed by atoms with E-state index < -0.39 is 47.2 Å². The first-order valence-electron chi connectivity index (χ1n) is 4.50. The molecule has 0 saturated heterocycles. The quantitative estimate of drug-likeness (QED) is 0.145. The fourth-order valence-electron chi connectivity index (χ4n) is 0.394. The van der Waals surface area contributed by atoms with Gasteiger partial charge in [-0.15, -0.1) is 12.6 Å². The second kappa shape index (κ2) is 12.6. The van der Waals surface area contributed by atoms with Crippen LogP contribution in [0, 0.1) is 0 Å². The van der Waals surface area contributed by atoms with Gasteiger partial charge >= 0.3 is 47.2 Å². The summed E-state index contributed by atoms with van der Waals surface area (Å²) in [5.74, 6) is 0. The van der Waals surface area contributed by atoms with E-state index in [1.54, 1.807) is 0 Å². The Morgan fingerprint density at radius 1 is 0.429 bits per heavy atom. The molecule has 174 valence electrons. The van der Waals surface area contributed by atoms with Crippen LogP contribution >= 0.6 is 47.2 Å². The van der Waals surface area contributed by atoms with Crippen molar-refractivity contribution < 1.29 is 97.0 Å². The van der Waals surface area contributed by atoms with Crippen LogP contribution in [0.3, 0.4) is 0 Å². The van der Waals surface area contributed by atoms with E-state index in [4.69, 9.17) is 44.0 Å². The third kappa shape index (κ3) is 50.5. The molecule has 3 atom stereocenters. The molecule has 0 fully saturated rings. The second-order valence-electron chi connectivity index (χ2n) is 3.07. The third-order valence-corrected chi connectivity index (χ3v) is 5.59. The van der Waals surface area contributed by atoms with Crippen LogP contribution in [0.2, 0.25) is 0 Å². The molecular formula is H12BF3O18P6. The zero-order valence-electron chi connectivity index (χ0n) is 11.5. The van der Waals surface area contributed by atoms with E-state index in [1.807, 2.05) is 0 Å². The molecule has 0 saturated carbocycles. The predicted octanol–water partition coefficient (Wildman–Crippen LogP) is -0.687. The summed E-state index contributed by atoms with van der Waals surface area (Å²) < 4.78 is 98.9. The fraction of sp³-hybridized carbons (Fsp3) is 0. The minimum absolute atomic E-state index is 0. The first-order valence-corrected chi connectivity index (χ1v) is 13.5. The van der Waals surface area contributed by atoms with E-state index >= 15 is 0 Å². The van der Waals surface area contributed by atoms with Gasteiger partial charge in [0.1, 0.15) is 0 Å². The Hall–Kier alpha value is 0.755. The van der Waals surface area contributed by atoms with Crippen molar-refractivity contribution in [1.29, 1.82) is 0 Å². The molecule has 9 N–H and O–H groups in total. The van der Waals surface area contributed by atoms with Gasteiger partial charge in [0.15, 0.2) is 0 Å². The molecule has 0 heterocycles. The molecule has 0 aliphatic heterocycles. The normalized spacial score (nSPS) is 18.4. The standard InChI is InChI=1S/BH3.3FH3O6P2/c;3*1-8(2,3)7-9(4,5)6/h1H3;3*(H,2,3)(H2,4,5,6). The van der Waals surface area contributed by atoms with Crippen molar-refractivity contribution in [1.82, 2.24) is 0 Å². The molecule has 0 aromatic rings. The molecule has 0 bridgehead atoms. The Bertz CT molecular complexity index is 561. The Balaban J connectivity index is -0.000000152. The smallest absolute Gasteiger partial charge is 0.302 e. The lowest BCUT2D eigenvalue weighted by Crippen LogP contribution is -1.81. The first kappa shape index (κ1) is 36.1. The minimum atomic E-state index is -5.55. The monoisotopic (exact) mass is 554 g/mol. The summed E-state index contributed by atoms with van der Waals surface area (Å²) in [5, 5.41) is 0. The SMILES string of the molecule is B.O=P(O)(O)OP(=O)(O)F.O=P(O)(O)OP(=O)(O)F.O=P(O)(O)OP(=O)(O)F. The summed E-state index contributed by atoms with van der Waals surface area (Å²) in [5.41, 5.74) is 0. The number of hydrogen-bond acceptors (Lipinski definition) is 9. The third-order valence-electron chi connectivity index (χ3n) is 0.621. The van der Waals surface area contributed by atoms with Crippen LogP contribution in [0.25, 0.3) is 0 Å². The van der Waals surface area contributed by atoms with Crippen LogP contribution in [0.5, 0.6) is 0 Å². The first-order chi connectivity index (χ1) is 11.1. The number of hydrogen-bond donors (Lipinski definition) is 9. The molecular weight excluding hydrogens is 542 g/mol. The molecule has 0 rings (SSSR count). The highest BCUT2D eigenvalue weighted by Crippen LogP contribution is 2.59. The highest BCUT2D eigenvalue weighted by atomic mass is 31.3. The molecule has 28 heavy (non-hydrogen) atoms. The van der Waals surface area contributed by atoms with Crippen LogP contribution in [-0.4, -0.2) is 52.5 Å². The lowest BCUT2D eigenvalue weighted by molar-refractivity contribution is 0.242. The number of halogens is 3.